The molecule has 2 N–H and O–H groups in total. The highest BCUT2D eigenvalue weighted by atomic mass is 35.5. The summed E-state index contributed by atoms with van der Waals surface area (Å²) in [5.74, 6) is 3.40. The summed E-state index contributed by atoms with van der Waals surface area (Å²) in [6.45, 7) is 0.132. The van der Waals surface area contributed by atoms with Crippen LogP contribution < -0.4 is 15.0 Å². The van der Waals surface area contributed by atoms with Crippen molar-refractivity contribution in [3.63, 3.8) is 0 Å². The highest BCUT2D eigenvalue weighted by Gasteiger charge is 2.17. The number of H-pyrrole nitrogens is 1. The Hall–Kier alpha value is -3.44. The molecule has 2 aromatic heterocycles. The molecule has 1 aliphatic rings. The van der Waals surface area contributed by atoms with Crippen LogP contribution in [0.5, 0.6) is 11.5 Å². The van der Waals surface area contributed by atoms with Crippen molar-refractivity contribution < 1.29 is 14.2 Å². The van der Waals surface area contributed by atoms with Gasteiger partial charge in [0.05, 0.1) is 17.5 Å². The van der Waals surface area contributed by atoms with E-state index in [-0.39, 0.29) is 37.3 Å². The second-order valence-corrected chi connectivity index (χ2v) is 5.23. The Morgan fingerprint density at radius 2 is 2.19 bits per heavy atom. The summed E-state index contributed by atoms with van der Waals surface area (Å²) >= 11 is 0. The lowest BCUT2D eigenvalue weighted by Crippen LogP contribution is -2.15. The van der Waals surface area contributed by atoms with E-state index in [1.807, 2.05) is 6.07 Å². The van der Waals surface area contributed by atoms with E-state index in [4.69, 9.17) is 26.0 Å². The number of fused-ring (bicyclic) bond motifs is 2. The van der Waals surface area contributed by atoms with Crippen LogP contribution in [-0.2, 0) is 4.74 Å². The first kappa shape index (κ1) is 17.4. The van der Waals surface area contributed by atoms with Gasteiger partial charge < -0.3 is 19.2 Å². The first-order chi connectivity index (χ1) is 12.2. The minimum atomic E-state index is -0.336. The van der Waals surface area contributed by atoms with Crippen LogP contribution in [-0.4, -0.2) is 33.9 Å². The minimum absolute atomic E-state index is 0. The second kappa shape index (κ2) is 6.82. The van der Waals surface area contributed by atoms with E-state index < -0.39 is 0 Å². The first-order valence-corrected chi connectivity index (χ1v) is 7.33. The number of nitrogens with one attached hydrogen (secondary N) is 2. The van der Waals surface area contributed by atoms with Crippen LogP contribution in [0, 0.1) is 17.8 Å². The van der Waals surface area contributed by atoms with Gasteiger partial charge in [-0.3, -0.25) is 10.2 Å². The molecule has 8 nitrogen and oxygen atoms in total. The van der Waals surface area contributed by atoms with E-state index in [9.17, 15) is 4.79 Å². The zero-order valence-corrected chi connectivity index (χ0v) is 14.1. The van der Waals surface area contributed by atoms with Gasteiger partial charge in [0.1, 0.15) is 5.65 Å². The molecule has 0 spiro atoms. The summed E-state index contributed by atoms with van der Waals surface area (Å²) in [6, 6.07) is 6.79. The quantitative estimate of drug-likeness (QED) is 0.415. The number of terminal acetylenes is 1. The minimum Gasteiger partial charge on any atom is -0.464 e. The van der Waals surface area contributed by atoms with Gasteiger partial charge in [-0.25, -0.2) is 0 Å². The highest BCUT2D eigenvalue weighted by Crippen LogP contribution is 2.35. The monoisotopic (exact) mass is 372 g/mol. The summed E-state index contributed by atoms with van der Waals surface area (Å²) in [5, 5.41) is 11.9. The van der Waals surface area contributed by atoms with Crippen molar-refractivity contribution in [2.24, 2.45) is 0 Å². The maximum atomic E-state index is 12.3. The summed E-state index contributed by atoms with van der Waals surface area (Å²) < 4.78 is 16.9. The molecule has 0 atom stereocenters. The number of halogens is 1. The molecular weight excluding hydrogens is 360 g/mol. The van der Waals surface area contributed by atoms with Crippen LogP contribution in [0.25, 0.3) is 16.9 Å². The van der Waals surface area contributed by atoms with E-state index in [2.05, 4.69) is 16.0 Å². The van der Waals surface area contributed by atoms with Crippen LogP contribution in [0.4, 0.5) is 0 Å². The number of benzene rings is 1. The number of aromatic amines is 1. The van der Waals surface area contributed by atoms with Crippen LogP contribution in [0.1, 0.15) is 5.56 Å². The molecule has 0 radical (unpaired) electrons. The maximum Gasteiger partial charge on any atom is 0.274 e. The molecule has 0 saturated carbocycles. The predicted octanol–water partition coefficient (Wildman–Crippen LogP) is 1.82. The largest absolute Gasteiger partial charge is 0.464 e. The Kier molecular flexibility index (Phi) is 4.56. The molecule has 4 rings (SSSR count). The summed E-state index contributed by atoms with van der Waals surface area (Å²) in [6.07, 6.45) is 6.52. The van der Waals surface area contributed by atoms with Crippen molar-refractivity contribution in [3.05, 3.63) is 46.4 Å². The molecule has 0 aliphatic carbocycles. The molecule has 1 aromatic carbocycles. The predicted molar refractivity (Wildman–Crippen MR) is 96.2 cm³/mol. The Balaban J connectivity index is 0.00000196. The number of nitrogens with zero attached hydrogens (tertiary/aromatic N) is 2. The lowest BCUT2D eigenvalue weighted by Gasteiger charge is -2.06. The van der Waals surface area contributed by atoms with Crippen LogP contribution in [0.2, 0.25) is 0 Å². The zero-order valence-electron chi connectivity index (χ0n) is 13.3. The SMILES string of the molecule is C#CCOC(=N)c1cnn2c(=O)cc(-c3ccc4c(c3)OCO4)[nH]c12.Cl. The van der Waals surface area contributed by atoms with Gasteiger partial charge in [-0.2, -0.15) is 9.61 Å². The molecule has 3 heterocycles. The van der Waals surface area contributed by atoms with Crippen molar-refractivity contribution in [1.82, 2.24) is 14.6 Å². The molecule has 0 amide bonds. The molecule has 0 fully saturated rings. The van der Waals surface area contributed by atoms with Crippen molar-refractivity contribution in [3.8, 4) is 35.1 Å². The Morgan fingerprint density at radius 3 is 3.00 bits per heavy atom. The van der Waals surface area contributed by atoms with E-state index in [0.29, 0.717) is 28.4 Å². The van der Waals surface area contributed by atoms with Gasteiger partial charge in [0.15, 0.2) is 18.1 Å². The topological polar surface area (TPSA) is 102 Å². The lowest BCUT2D eigenvalue weighted by atomic mass is 10.1. The highest BCUT2D eigenvalue weighted by molar-refractivity contribution is 5.97. The van der Waals surface area contributed by atoms with Gasteiger partial charge in [-0.1, -0.05) is 5.92 Å². The number of hydrogen-bond acceptors (Lipinski definition) is 6. The molecule has 0 unspecified atom stereocenters. The van der Waals surface area contributed by atoms with Crippen molar-refractivity contribution in [1.29, 1.82) is 5.41 Å². The molecule has 132 valence electrons. The smallest absolute Gasteiger partial charge is 0.274 e. The Bertz CT molecular complexity index is 1100. The molecule has 1 aliphatic heterocycles. The molecule has 26 heavy (non-hydrogen) atoms. The third-order valence-corrected chi connectivity index (χ3v) is 3.73. The molecule has 0 bridgehead atoms. The van der Waals surface area contributed by atoms with Gasteiger partial charge in [-0.15, -0.1) is 18.8 Å². The standard InChI is InChI=1S/C17H12N4O4.ClH/c1-2-5-23-16(18)11-8-19-21-15(22)7-12(20-17(11)21)10-3-4-13-14(6-10)25-9-24-13;/h1,3-4,6-8,18,20H,5,9H2;1H. The van der Waals surface area contributed by atoms with Crippen molar-refractivity contribution in [2.75, 3.05) is 13.4 Å². The summed E-state index contributed by atoms with van der Waals surface area (Å²) in [4.78, 5) is 15.5. The second-order valence-electron chi connectivity index (χ2n) is 5.23. The number of ether oxygens (including phenoxy) is 3. The van der Waals surface area contributed by atoms with E-state index in [1.54, 1.807) is 12.1 Å². The normalized spacial score (nSPS) is 11.7. The van der Waals surface area contributed by atoms with Gasteiger partial charge >= 0.3 is 0 Å². The third-order valence-electron chi connectivity index (χ3n) is 3.73. The number of rotatable bonds is 3. The van der Waals surface area contributed by atoms with E-state index in [1.165, 1.54) is 16.8 Å². The van der Waals surface area contributed by atoms with Crippen LogP contribution in [0.3, 0.4) is 0 Å². The van der Waals surface area contributed by atoms with Gasteiger partial charge in [0, 0.05) is 11.6 Å². The summed E-state index contributed by atoms with van der Waals surface area (Å²) in [5.41, 5.74) is 1.66. The van der Waals surface area contributed by atoms with Gasteiger partial charge in [-0.05, 0) is 18.2 Å². The fourth-order valence-electron chi connectivity index (χ4n) is 2.56. The number of hydrogen-bond donors (Lipinski definition) is 2. The molecular formula is C17H13ClN4O4. The Labute approximate surface area is 153 Å². The summed E-state index contributed by atoms with van der Waals surface area (Å²) in [7, 11) is 0. The van der Waals surface area contributed by atoms with Crippen LogP contribution in [0.15, 0.2) is 35.3 Å². The molecule has 0 saturated heterocycles. The Morgan fingerprint density at radius 1 is 1.38 bits per heavy atom. The molecule has 3 aromatic rings. The van der Waals surface area contributed by atoms with Crippen molar-refractivity contribution in [2.45, 2.75) is 0 Å². The third kappa shape index (κ3) is 2.85. The number of aromatic nitrogens is 3. The van der Waals surface area contributed by atoms with E-state index >= 15 is 0 Å². The zero-order chi connectivity index (χ0) is 17.4. The van der Waals surface area contributed by atoms with Gasteiger partial charge in [0.25, 0.3) is 5.56 Å². The van der Waals surface area contributed by atoms with Crippen LogP contribution >= 0.6 is 12.4 Å². The first-order valence-electron chi connectivity index (χ1n) is 7.33. The maximum absolute atomic E-state index is 12.3. The fraction of sp³-hybridized carbons (Fsp3) is 0.118. The average molecular weight is 373 g/mol. The fourth-order valence-corrected chi connectivity index (χ4v) is 2.56. The van der Waals surface area contributed by atoms with Crippen molar-refractivity contribution >= 4 is 24.0 Å². The van der Waals surface area contributed by atoms with E-state index in [0.717, 1.165) is 5.56 Å². The molecule has 9 heteroatoms. The van der Waals surface area contributed by atoms with Gasteiger partial charge in [0.2, 0.25) is 12.7 Å². The lowest BCUT2D eigenvalue weighted by molar-refractivity contribution is 0.174. The average Bonchev–Trinajstić information content (AvgIpc) is 3.25.